The highest BCUT2D eigenvalue weighted by Crippen LogP contribution is 2.37. The van der Waals surface area contributed by atoms with Crippen LogP contribution in [0.15, 0.2) is 24.5 Å². The lowest BCUT2D eigenvalue weighted by atomic mass is 9.85. The average molecular weight is 358 g/mol. The molecule has 3 rings (SSSR count). The van der Waals surface area contributed by atoms with Crippen LogP contribution >= 0.6 is 0 Å². The molecule has 6 nitrogen and oxygen atoms in total. The molecule has 0 radical (unpaired) electrons. The van der Waals surface area contributed by atoms with Crippen molar-refractivity contribution in [2.24, 2.45) is 5.92 Å². The number of likely N-dealkylation sites (tertiary alicyclic amines) is 1. The van der Waals surface area contributed by atoms with Crippen molar-refractivity contribution in [3.63, 3.8) is 0 Å². The van der Waals surface area contributed by atoms with Crippen LogP contribution in [0.3, 0.4) is 0 Å². The summed E-state index contributed by atoms with van der Waals surface area (Å²) in [6.07, 6.45) is 6.67. The number of carbonyl (C=O) groups excluding carboxylic acids is 2. The second-order valence-corrected chi connectivity index (χ2v) is 8.04. The van der Waals surface area contributed by atoms with Crippen molar-refractivity contribution < 1.29 is 9.59 Å². The number of pyridine rings is 1. The van der Waals surface area contributed by atoms with Crippen LogP contribution in [0, 0.1) is 5.92 Å². The highest BCUT2D eigenvalue weighted by atomic mass is 16.2. The zero-order chi connectivity index (χ0) is 18.7. The number of imide groups is 1. The molecule has 0 atom stereocenters. The maximum atomic E-state index is 13.3. The molecule has 0 unspecified atom stereocenters. The van der Waals surface area contributed by atoms with E-state index in [0.717, 1.165) is 44.3 Å². The topological polar surface area (TPSA) is 56.8 Å². The number of carbonyl (C=O) groups is 2. The number of aryl methyl sites for hydroxylation is 1. The molecule has 6 heteroatoms. The monoisotopic (exact) mass is 358 g/mol. The molecule has 0 aromatic carbocycles. The zero-order valence-corrected chi connectivity index (χ0v) is 16.1. The Labute approximate surface area is 156 Å². The SMILES string of the molecule is CC(C)CN1C(=O)N(CCCc2cccnc2)C(=O)C12CCN(C)CC2. The number of urea groups is 1. The molecule has 1 aromatic rings. The van der Waals surface area contributed by atoms with E-state index in [9.17, 15) is 9.59 Å². The van der Waals surface area contributed by atoms with Gasteiger partial charge in [0.05, 0.1) is 0 Å². The van der Waals surface area contributed by atoms with Crippen molar-refractivity contribution in [2.75, 3.05) is 33.2 Å². The molecule has 1 aromatic heterocycles. The number of nitrogens with zero attached hydrogens (tertiary/aromatic N) is 4. The fourth-order valence-corrected chi connectivity index (χ4v) is 4.06. The summed E-state index contributed by atoms with van der Waals surface area (Å²) in [6, 6.07) is 3.85. The van der Waals surface area contributed by atoms with E-state index in [2.05, 4.69) is 30.8 Å². The van der Waals surface area contributed by atoms with E-state index in [4.69, 9.17) is 0 Å². The number of hydrogen-bond acceptors (Lipinski definition) is 4. The van der Waals surface area contributed by atoms with Gasteiger partial charge in [0.25, 0.3) is 5.91 Å². The summed E-state index contributed by atoms with van der Waals surface area (Å²) in [7, 11) is 2.08. The molecule has 2 saturated heterocycles. The van der Waals surface area contributed by atoms with Gasteiger partial charge in [-0.1, -0.05) is 19.9 Å². The van der Waals surface area contributed by atoms with Crippen molar-refractivity contribution in [2.45, 2.75) is 45.1 Å². The summed E-state index contributed by atoms with van der Waals surface area (Å²) < 4.78 is 0. The lowest BCUT2D eigenvalue weighted by Crippen LogP contribution is -2.56. The maximum Gasteiger partial charge on any atom is 0.327 e. The van der Waals surface area contributed by atoms with Gasteiger partial charge in [-0.15, -0.1) is 0 Å². The van der Waals surface area contributed by atoms with E-state index in [1.807, 2.05) is 23.2 Å². The Bertz CT molecular complexity index is 638. The van der Waals surface area contributed by atoms with Crippen molar-refractivity contribution in [3.8, 4) is 0 Å². The summed E-state index contributed by atoms with van der Waals surface area (Å²) in [6.45, 7) is 7.05. The minimum atomic E-state index is -0.623. The minimum absolute atomic E-state index is 0.0161. The number of rotatable bonds is 6. The number of hydrogen-bond donors (Lipinski definition) is 0. The smallest absolute Gasteiger partial charge is 0.309 e. The van der Waals surface area contributed by atoms with Crippen LogP contribution in [0.1, 0.15) is 38.7 Å². The number of piperidine rings is 1. The van der Waals surface area contributed by atoms with E-state index in [0.29, 0.717) is 19.0 Å². The summed E-state index contributed by atoms with van der Waals surface area (Å²) in [5, 5.41) is 0. The van der Waals surface area contributed by atoms with Crippen LogP contribution in [-0.2, 0) is 11.2 Å². The molecule has 142 valence electrons. The predicted molar refractivity (Wildman–Crippen MR) is 101 cm³/mol. The fraction of sp³-hybridized carbons (Fsp3) is 0.650. The fourth-order valence-electron chi connectivity index (χ4n) is 4.06. The third-order valence-corrected chi connectivity index (χ3v) is 5.55. The van der Waals surface area contributed by atoms with Gasteiger partial charge in [-0.05, 0) is 50.3 Å². The summed E-state index contributed by atoms with van der Waals surface area (Å²) in [5.41, 5.74) is 0.516. The zero-order valence-electron chi connectivity index (χ0n) is 16.1. The molecule has 0 saturated carbocycles. The molecule has 26 heavy (non-hydrogen) atoms. The van der Waals surface area contributed by atoms with Crippen molar-refractivity contribution in [1.29, 1.82) is 0 Å². The highest BCUT2D eigenvalue weighted by Gasteiger charge is 2.57. The van der Waals surface area contributed by atoms with Crippen LogP contribution in [0.5, 0.6) is 0 Å². The summed E-state index contributed by atoms with van der Waals surface area (Å²) in [4.78, 5) is 36.1. The molecule has 2 aliphatic rings. The van der Waals surface area contributed by atoms with Gasteiger partial charge in [0.1, 0.15) is 5.54 Å². The molecule has 3 heterocycles. The lowest BCUT2D eigenvalue weighted by molar-refractivity contribution is -0.135. The first-order valence-corrected chi connectivity index (χ1v) is 9.65. The minimum Gasteiger partial charge on any atom is -0.309 e. The molecule has 0 aliphatic carbocycles. The van der Waals surface area contributed by atoms with Crippen molar-refractivity contribution in [1.82, 2.24) is 19.7 Å². The van der Waals surface area contributed by atoms with Crippen molar-refractivity contribution >= 4 is 11.9 Å². The molecule has 2 aliphatic heterocycles. The van der Waals surface area contributed by atoms with Crippen LogP contribution < -0.4 is 0 Å². The Balaban J connectivity index is 1.72. The number of aromatic nitrogens is 1. The van der Waals surface area contributed by atoms with Gasteiger partial charge in [-0.2, -0.15) is 0 Å². The van der Waals surface area contributed by atoms with Crippen LogP contribution in [0.25, 0.3) is 0 Å². The van der Waals surface area contributed by atoms with Gasteiger partial charge in [-0.3, -0.25) is 14.7 Å². The average Bonchev–Trinajstić information content (AvgIpc) is 2.81. The molecular weight excluding hydrogens is 328 g/mol. The molecule has 0 bridgehead atoms. The third kappa shape index (κ3) is 3.61. The largest absolute Gasteiger partial charge is 0.327 e. The van der Waals surface area contributed by atoms with Crippen LogP contribution in [0.2, 0.25) is 0 Å². The Kier molecular flexibility index (Phi) is 5.61. The van der Waals surface area contributed by atoms with Crippen molar-refractivity contribution in [3.05, 3.63) is 30.1 Å². The molecular formula is C20H30N4O2. The van der Waals surface area contributed by atoms with Gasteiger partial charge in [0, 0.05) is 38.6 Å². The third-order valence-electron chi connectivity index (χ3n) is 5.55. The summed E-state index contributed by atoms with van der Waals surface area (Å²) >= 11 is 0. The van der Waals surface area contributed by atoms with Gasteiger partial charge in [0.2, 0.25) is 0 Å². The van der Waals surface area contributed by atoms with Gasteiger partial charge < -0.3 is 9.80 Å². The second kappa shape index (κ2) is 7.74. The van der Waals surface area contributed by atoms with Gasteiger partial charge in [-0.25, -0.2) is 4.79 Å². The molecule has 2 fully saturated rings. The molecule has 3 amide bonds. The predicted octanol–water partition coefficient (Wildman–Crippen LogP) is 2.40. The second-order valence-electron chi connectivity index (χ2n) is 8.04. The highest BCUT2D eigenvalue weighted by molar-refractivity contribution is 6.07. The Hall–Kier alpha value is -1.95. The Morgan fingerprint density at radius 2 is 1.96 bits per heavy atom. The molecule has 0 N–H and O–H groups in total. The lowest BCUT2D eigenvalue weighted by Gasteiger charge is -2.41. The van der Waals surface area contributed by atoms with E-state index in [-0.39, 0.29) is 11.9 Å². The first-order chi connectivity index (χ1) is 12.4. The van der Waals surface area contributed by atoms with E-state index in [1.54, 1.807) is 6.20 Å². The quantitative estimate of drug-likeness (QED) is 0.733. The summed E-state index contributed by atoms with van der Waals surface area (Å²) in [5.74, 6) is 0.362. The standard InChI is InChI=1S/C20H30N4O2/c1-16(2)15-24-19(26)23(11-5-7-17-6-4-10-21-14-17)18(25)20(24)8-12-22(3)13-9-20/h4,6,10,14,16H,5,7-9,11-13,15H2,1-3H3. The van der Waals surface area contributed by atoms with E-state index < -0.39 is 5.54 Å². The van der Waals surface area contributed by atoms with Gasteiger partial charge in [0.15, 0.2) is 0 Å². The first kappa shape index (κ1) is 18.8. The normalized spacial score (nSPS) is 20.6. The Morgan fingerprint density at radius 1 is 1.23 bits per heavy atom. The maximum absolute atomic E-state index is 13.3. The van der Waals surface area contributed by atoms with Crippen LogP contribution in [-0.4, -0.2) is 70.4 Å². The van der Waals surface area contributed by atoms with E-state index in [1.165, 1.54) is 4.90 Å². The molecule has 1 spiro atoms. The first-order valence-electron chi connectivity index (χ1n) is 9.65. The number of amides is 3. The van der Waals surface area contributed by atoms with Gasteiger partial charge >= 0.3 is 6.03 Å². The van der Waals surface area contributed by atoms with E-state index >= 15 is 0 Å². The Morgan fingerprint density at radius 3 is 2.58 bits per heavy atom. The van der Waals surface area contributed by atoms with Crippen LogP contribution in [0.4, 0.5) is 4.79 Å².